The lowest BCUT2D eigenvalue weighted by Crippen LogP contribution is -1.98. The van der Waals surface area contributed by atoms with Crippen LogP contribution in [0.3, 0.4) is 0 Å². The summed E-state index contributed by atoms with van der Waals surface area (Å²) in [6.45, 7) is 0. The molecule has 1 aromatic heterocycles. The predicted octanol–water partition coefficient (Wildman–Crippen LogP) is 5.30. The minimum atomic E-state index is -0.531. The number of rotatable bonds is 2. The molecule has 0 saturated heterocycles. The SMILES string of the molecule is O=C(c1ccc(F)c(Cl)c1)c1cc(Br)c(Br)s1. The second kappa shape index (κ2) is 5.18. The van der Waals surface area contributed by atoms with Gasteiger partial charge < -0.3 is 0 Å². The lowest BCUT2D eigenvalue weighted by atomic mass is 10.1. The molecule has 0 amide bonds. The summed E-state index contributed by atoms with van der Waals surface area (Å²) >= 11 is 13.6. The molecule has 0 saturated carbocycles. The Morgan fingerprint density at radius 2 is 2.00 bits per heavy atom. The monoisotopic (exact) mass is 396 g/mol. The van der Waals surface area contributed by atoms with Gasteiger partial charge in [-0.25, -0.2) is 4.39 Å². The van der Waals surface area contributed by atoms with Gasteiger partial charge in [0.1, 0.15) is 5.82 Å². The summed E-state index contributed by atoms with van der Waals surface area (Å²) in [4.78, 5) is 12.6. The summed E-state index contributed by atoms with van der Waals surface area (Å²) in [6.07, 6.45) is 0. The topological polar surface area (TPSA) is 17.1 Å². The maximum absolute atomic E-state index is 13.0. The normalized spacial score (nSPS) is 10.6. The zero-order valence-corrected chi connectivity index (χ0v) is 12.9. The van der Waals surface area contributed by atoms with Gasteiger partial charge >= 0.3 is 0 Å². The molecule has 6 heteroatoms. The van der Waals surface area contributed by atoms with E-state index in [0.717, 1.165) is 8.26 Å². The Labute approximate surface area is 123 Å². The number of hydrogen-bond donors (Lipinski definition) is 0. The Hall–Kier alpha value is -0.230. The average Bonchev–Trinajstić information content (AvgIpc) is 2.62. The van der Waals surface area contributed by atoms with Crippen molar-refractivity contribution in [3.8, 4) is 0 Å². The van der Waals surface area contributed by atoms with Gasteiger partial charge in [-0.15, -0.1) is 11.3 Å². The molecule has 0 spiro atoms. The van der Waals surface area contributed by atoms with Gasteiger partial charge in [0.05, 0.1) is 13.7 Å². The highest BCUT2D eigenvalue weighted by Gasteiger charge is 2.15. The fourth-order valence-corrected chi connectivity index (χ4v) is 3.42. The van der Waals surface area contributed by atoms with E-state index in [9.17, 15) is 9.18 Å². The van der Waals surface area contributed by atoms with Gasteiger partial charge in [0.15, 0.2) is 0 Å². The third-order valence-corrected chi connectivity index (χ3v) is 5.60. The van der Waals surface area contributed by atoms with Crippen molar-refractivity contribution >= 4 is 60.6 Å². The molecule has 0 atom stereocenters. The molecule has 17 heavy (non-hydrogen) atoms. The van der Waals surface area contributed by atoms with Gasteiger partial charge in [-0.1, -0.05) is 11.6 Å². The van der Waals surface area contributed by atoms with E-state index in [1.807, 2.05) is 0 Å². The van der Waals surface area contributed by atoms with E-state index in [1.165, 1.54) is 29.5 Å². The number of benzene rings is 1. The second-order valence-corrected chi connectivity index (χ2v) is 6.82. The summed E-state index contributed by atoms with van der Waals surface area (Å²) < 4.78 is 14.6. The third-order valence-electron chi connectivity index (χ3n) is 2.05. The van der Waals surface area contributed by atoms with Crippen molar-refractivity contribution in [2.24, 2.45) is 0 Å². The summed E-state index contributed by atoms with van der Waals surface area (Å²) in [6, 6.07) is 5.66. The van der Waals surface area contributed by atoms with E-state index in [2.05, 4.69) is 31.9 Å². The standard InChI is InChI=1S/C11H4Br2ClFOS/c12-6-4-9(17-11(6)13)10(16)5-1-2-8(15)7(14)3-5/h1-4H. The summed E-state index contributed by atoms with van der Waals surface area (Å²) in [5.74, 6) is -0.708. The largest absolute Gasteiger partial charge is 0.288 e. The van der Waals surface area contributed by atoms with Crippen LogP contribution >= 0.6 is 54.8 Å². The van der Waals surface area contributed by atoms with Crippen LogP contribution in [0.1, 0.15) is 15.2 Å². The molecule has 0 aliphatic heterocycles. The van der Waals surface area contributed by atoms with Gasteiger partial charge in [0.2, 0.25) is 5.78 Å². The van der Waals surface area contributed by atoms with Crippen molar-refractivity contribution in [3.63, 3.8) is 0 Å². The van der Waals surface area contributed by atoms with Gasteiger partial charge in [-0.05, 0) is 56.1 Å². The van der Waals surface area contributed by atoms with Gasteiger partial charge in [-0.3, -0.25) is 4.79 Å². The van der Waals surface area contributed by atoms with Crippen LogP contribution in [-0.4, -0.2) is 5.78 Å². The van der Waals surface area contributed by atoms with Gasteiger partial charge in [0.25, 0.3) is 0 Å². The van der Waals surface area contributed by atoms with Crippen LogP contribution in [-0.2, 0) is 0 Å². The van der Waals surface area contributed by atoms with Crippen molar-refractivity contribution < 1.29 is 9.18 Å². The van der Waals surface area contributed by atoms with Crippen molar-refractivity contribution in [3.05, 3.63) is 53.8 Å². The minimum absolute atomic E-state index is 0.0504. The quantitative estimate of drug-likeness (QED) is 0.628. The van der Waals surface area contributed by atoms with E-state index in [-0.39, 0.29) is 10.8 Å². The molecule has 0 aliphatic rings. The first-order chi connectivity index (χ1) is 7.99. The fourth-order valence-electron chi connectivity index (χ4n) is 1.24. The maximum Gasteiger partial charge on any atom is 0.203 e. The van der Waals surface area contributed by atoms with Crippen LogP contribution in [0.4, 0.5) is 4.39 Å². The number of hydrogen-bond acceptors (Lipinski definition) is 2. The Balaban J connectivity index is 2.40. The molecular formula is C11H4Br2ClFOS. The first-order valence-corrected chi connectivity index (χ1v) is 7.21. The van der Waals surface area contributed by atoms with Crippen molar-refractivity contribution in [1.29, 1.82) is 0 Å². The number of thiophene rings is 1. The van der Waals surface area contributed by atoms with Crippen molar-refractivity contribution in [2.45, 2.75) is 0 Å². The first kappa shape index (κ1) is 13.2. The highest BCUT2D eigenvalue weighted by molar-refractivity contribution is 9.13. The molecule has 0 N–H and O–H groups in total. The minimum Gasteiger partial charge on any atom is -0.288 e. The van der Waals surface area contributed by atoms with Crippen LogP contribution in [0, 0.1) is 5.82 Å². The summed E-state index contributed by atoms with van der Waals surface area (Å²) in [5.41, 5.74) is 0.373. The number of halogens is 4. The molecule has 2 aromatic rings. The molecule has 0 aliphatic carbocycles. The van der Waals surface area contributed by atoms with E-state index < -0.39 is 5.82 Å². The smallest absolute Gasteiger partial charge is 0.203 e. The van der Waals surface area contributed by atoms with Crippen LogP contribution in [0.15, 0.2) is 32.5 Å². The molecule has 1 heterocycles. The fraction of sp³-hybridized carbons (Fsp3) is 0. The zero-order chi connectivity index (χ0) is 12.6. The van der Waals surface area contributed by atoms with Gasteiger partial charge in [0, 0.05) is 10.0 Å². The predicted molar refractivity (Wildman–Crippen MR) is 74.6 cm³/mol. The summed E-state index contributed by atoms with van der Waals surface area (Å²) in [5, 5.41) is -0.0504. The molecule has 0 fully saturated rings. The van der Waals surface area contributed by atoms with Crippen LogP contribution in [0.2, 0.25) is 5.02 Å². The van der Waals surface area contributed by atoms with Gasteiger partial charge in [-0.2, -0.15) is 0 Å². The second-order valence-electron chi connectivity index (χ2n) is 3.19. The Morgan fingerprint density at radius 3 is 2.53 bits per heavy atom. The lowest BCUT2D eigenvalue weighted by molar-refractivity contribution is 0.104. The number of carbonyl (C=O) groups is 1. The van der Waals surface area contributed by atoms with E-state index in [0.29, 0.717) is 10.4 Å². The highest BCUT2D eigenvalue weighted by Crippen LogP contribution is 2.33. The average molecular weight is 398 g/mol. The van der Waals surface area contributed by atoms with Crippen molar-refractivity contribution in [2.75, 3.05) is 0 Å². The van der Waals surface area contributed by atoms with Crippen LogP contribution in [0.25, 0.3) is 0 Å². The van der Waals surface area contributed by atoms with E-state index >= 15 is 0 Å². The molecule has 0 radical (unpaired) electrons. The third kappa shape index (κ3) is 2.78. The number of ketones is 1. The molecule has 0 unspecified atom stereocenters. The van der Waals surface area contributed by atoms with Crippen LogP contribution in [0.5, 0.6) is 0 Å². The molecule has 88 valence electrons. The van der Waals surface area contributed by atoms with Crippen molar-refractivity contribution in [1.82, 2.24) is 0 Å². The molecule has 2 rings (SSSR count). The summed E-state index contributed by atoms with van der Waals surface area (Å²) in [7, 11) is 0. The molecule has 1 aromatic carbocycles. The Morgan fingerprint density at radius 1 is 1.29 bits per heavy atom. The first-order valence-electron chi connectivity index (χ1n) is 4.43. The van der Waals surface area contributed by atoms with Crippen LogP contribution < -0.4 is 0 Å². The lowest BCUT2D eigenvalue weighted by Gasteiger charge is -1.99. The number of carbonyl (C=O) groups excluding carboxylic acids is 1. The molecule has 1 nitrogen and oxygen atoms in total. The van der Waals surface area contributed by atoms with E-state index in [1.54, 1.807) is 6.07 Å². The molecule has 0 bridgehead atoms. The Bertz CT molecular complexity index is 578. The Kier molecular flexibility index (Phi) is 4.02. The highest BCUT2D eigenvalue weighted by atomic mass is 79.9. The molecular weight excluding hydrogens is 394 g/mol. The zero-order valence-electron chi connectivity index (χ0n) is 8.14. The van der Waals surface area contributed by atoms with E-state index in [4.69, 9.17) is 11.6 Å². The maximum atomic E-state index is 13.0.